The number of likely N-dealkylation sites (tertiary alicyclic amines) is 1. The first-order valence-corrected chi connectivity index (χ1v) is 8.28. The van der Waals surface area contributed by atoms with Gasteiger partial charge in [-0.1, -0.05) is 24.3 Å². The van der Waals surface area contributed by atoms with Crippen LogP contribution >= 0.6 is 0 Å². The van der Waals surface area contributed by atoms with Gasteiger partial charge in [0, 0.05) is 43.2 Å². The smallest absolute Gasteiger partial charge is 0.124 e. The number of aromatic nitrogens is 1. The van der Waals surface area contributed by atoms with Gasteiger partial charge in [0.05, 0.1) is 0 Å². The van der Waals surface area contributed by atoms with Crippen LogP contribution in [0.15, 0.2) is 48.8 Å². The van der Waals surface area contributed by atoms with Crippen LogP contribution in [0.1, 0.15) is 24.0 Å². The van der Waals surface area contributed by atoms with Crippen LogP contribution in [0.4, 0.5) is 0 Å². The molecule has 2 aromatic rings. The van der Waals surface area contributed by atoms with E-state index in [4.69, 9.17) is 4.74 Å². The minimum Gasteiger partial charge on any atom is -0.489 e. The summed E-state index contributed by atoms with van der Waals surface area (Å²) >= 11 is 0. The number of hydrogen-bond acceptors (Lipinski definition) is 4. The van der Waals surface area contributed by atoms with E-state index in [0.717, 1.165) is 43.8 Å². The number of rotatable bonds is 6. The fourth-order valence-electron chi connectivity index (χ4n) is 3.10. The highest BCUT2D eigenvalue weighted by atomic mass is 16.5. The summed E-state index contributed by atoms with van der Waals surface area (Å²) in [6.07, 6.45) is 5.89. The molecule has 1 aliphatic heterocycles. The molecule has 1 N–H and O–H groups in total. The van der Waals surface area contributed by atoms with E-state index in [2.05, 4.69) is 22.0 Å². The van der Waals surface area contributed by atoms with Gasteiger partial charge in [-0.25, -0.2) is 0 Å². The normalized spacial score (nSPS) is 18.7. The number of nitrogens with zero attached hydrogens (tertiary/aromatic N) is 2. The lowest BCUT2D eigenvalue weighted by Crippen LogP contribution is -2.36. The lowest BCUT2D eigenvalue weighted by atomic mass is 9.98. The van der Waals surface area contributed by atoms with E-state index >= 15 is 0 Å². The average Bonchev–Trinajstić information content (AvgIpc) is 2.62. The molecule has 4 nitrogen and oxygen atoms in total. The maximum atomic E-state index is 9.38. The third kappa shape index (κ3) is 4.53. The molecule has 1 aliphatic rings. The van der Waals surface area contributed by atoms with Gasteiger partial charge in [-0.3, -0.25) is 9.88 Å². The van der Waals surface area contributed by atoms with Crippen LogP contribution < -0.4 is 4.74 Å². The summed E-state index contributed by atoms with van der Waals surface area (Å²) in [5.74, 6) is 1.34. The first-order chi connectivity index (χ1) is 11.3. The molecule has 2 heterocycles. The predicted octanol–water partition coefficient (Wildman–Crippen LogP) is 2.86. The van der Waals surface area contributed by atoms with Gasteiger partial charge in [-0.15, -0.1) is 0 Å². The van der Waals surface area contributed by atoms with Gasteiger partial charge in [0.2, 0.25) is 0 Å². The maximum absolute atomic E-state index is 9.38. The molecule has 0 bridgehead atoms. The topological polar surface area (TPSA) is 45.6 Å². The number of piperidine rings is 1. The van der Waals surface area contributed by atoms with Crippen molar-refractivity contribution in [2.24, 2.45) is 5.92 Å². The van der Waals surface area contributed by atoms with Crippen LogP contribution in [-0.4, -0.2) is 34.7 Å². The van der Waals surface area contributed by atoms with Gasteiger partial charge < -0.3 is 9.84 Å². The van der Waals surface area contributed by atoms with Crippen LogP contribution in [0.25, 0.3) is 0 Å². The second-order valence-electron chi connectivity index (χ2n) is 6.18. The fourth-order valence-corrected chi connectivity index (χ4v) is 3.10. The highest BCUT2D eigenvalue weighted by Crippen LogP contribution is 2.24. The van der Waals surface area contributed by atoms with E-state index in [1.807, 2.05) is 30.5 Å². The SMILES string of the molecule is OCC1CCCN(Cc2ccccc2OCc2cccnc2)C1. The molecule has 0 spiro atoms. The van der Waals surface area contributed by atoms with Crippen LogP contribution in [-0.2, 0) is 13.2 Å². The van der Waals surface area contributed by atoms with Crippen molar-refractivity contribution in [2.75, 3.05) is 19.7 Å². The first-order valence-electron chi connectivity index (χ1n) is 8.28. The van der Waals surface area contributed by atoms with Crippen LogP contribution in [0.5, 0.6) is 5.75 Å². The third-order valence-corrected chi connectivity index (χ3v) is 4.35. The van der Waals surface area contributed by atoms with Crippen molar-refractivity contribution >= 4 is 0 Å². The van der Waals surface area contributed by atoms with E-state index in [0.29, 0.717) is 12.5 Å². The van der Waals surface area contributed by atoms with Crippen molar-refractivity contribution in [1.29, 1.82) is 0 Å². The molecular formula is C19H24N2O2. The van der Waals surface area contributed by atoms with E-state index in [1.165, 1.54) is 5.56 Å². The van der Waals surface area contributed by atoms with Gasteiger partial charge in [0.1, 0.15) is 12.4 Å². The van der Waals surface area contributed by atoms with E-state index in [-0.39, 0.29) is 6.61 Å². The number of aliphatic hydroxyl groups excluding tert-OH is 1. The van der Waals surface area contributed by atoms with Crippen LogP contribution in [0.3, 0.4) is 0 Å². The van der Waals surface area contributed by atoms with Gasteiger partial charge in [-0.2, -0.15) is 0 Å². The summed E-state index contributed by atoms with van der Waals surface area (Å²) in [6, 6.07) is 12.2. The predicted molar refractivity (Wildman–Crippen MR) is 90.1 cm³/mol. The Hall–Kier alpha value is -1.91. The molecule has 1 aromatic heterocycles. The third-order valence-electron chi connectivity index (χ3n) is 4.35. The Morgan fingerprint density at radius 1 is 1.22 bits per heavy atom. The molecule has 122 valence electrons. The quantitative estimate of drug-likeness (QED) is 0.891. The Labute approximate surface area is 137 Å². The van der Waals surface area contributed by atoms with Crippen molar-refractivity contribution < 1.29 is 9.84 Å². The minimum atomic E-state index is 0.287. The molecule has 1 aromatic carbocycles. The molecule has 1 saturated heterocycles. The summed E-state index contributed by atoms with van der Waals surface area (Å²) in [4.78, 5) is 6.53. The van der Waals surface area contributed by atoms with Crippen molar-refractivity contribution in [2.45, 2.75) is 26.0 Å². The van der Waals surface area contributed by atoms with Gasteiger partial charge >= 0.3 is 0 Å². The molecule has 0 saturated carbocycles. The largest absolute Gasteiger partial charge is 0.489 e. The number of ether oxygens (including phenoxy) is 1. The Bertz CT molecular complexity index is 603. The van der Waals surface area contributed by atoms with Crippen molar-refractivity contribution in [3.05, 3.63) is 59.9 Å². The number of aliphatic hydroxyl groups is 1. The number of hydrogen-bond donors (Lipinski definition) is 1. The highest BCUT2D eigenvalue weighted by Gasteiger charge is 2.20. The molecule has 1 atom stereocenters. The molecule has 0 radical (unpaired) electrons. The molecule has 1 unspecified atom stereocenters. The average molecular weight is 312 g/mol. The van der Waals surface area contributed by atoms with E-state index < -0.39 is 0 Å². The molecule has 3 rings (SSSR count). The maximum Gasteiger partial charge on any atom is 0.124 e. The summed E-state index contributed by atoms with van der Waals surface area (Å²) in [5.41, 5.74) is 2.27. The Morgan fingerprint density at radius 3 is 2.96 bits per heavy atom. The Balaban J connectivity index is 1.63. The monoisotopic (exact) mass is 312 g/mol. The number of pyridine rings is 1. The van der Waals surface area contributed by atoms with Crippen molar-refractivity contribution in [1.82, 2.24) is 9.88 Å². The molecular weight excluding hydrogens is 288 g/mol. The van der Waals surface area contributed by atoms with Gasteiger partial charge in [0.25, 0.3) is 0 Å². The lowest BCUT2D eigenvalue weighted by molar-refractivity contribution is 0.115. The highest BCUT2D eigenvalue weighted by molar-refractivity contribution is 5.33. The molecule has 0 aliphatic carbocycles. The number of benzene rings is 1. The summed E-state index contributed by atoms with van der Waals surface area (Å²) < 4.78 is 6.00. The molecule has 0 amide bonds. The lowest BCUT2D eigenvalue weighted by Gasteiger charge is -2.32. The molecule has 4 heteroatoms. The standard InChI is InChI=1S/C19H24N2O2/c22-14-17-6-4-10-21(12-17)13-18-7-1-2-8-19(18)23-15-16-5-3-9-20-11-16/h1-3,5,7-9,11,17,22H,4,6,10,12-15H2. The first kappa shape index (κ1) is 16.0. The van der Waals surface area contributed by atoms with E-state index in [1.54, 1.807) is 6.20 Å². The number of para-hydroxylation sites is 1. The second-order valence-corrected chi connectivity index (χ2v) is 6.18. The summed E-state index contributed by atoms with van der Waals surface area (Å²) in [5, 5.41) is 9.38. The second kappa shape index (κ2) is 8.09. The van der Waals surface area contributed by atoms with Gasteiger partial charge in [0.15, 0.2) is 0 Å². The van der Waals surface area contributed by atoms with Gasteiger partial charge in [-0.05, 0) is 37.4 Å². The molecule has 23 heavy (non-hydrogen) atoms. The zero-order valence-electron chi connectivity index (χ0n) is 13.4. The summed E-state index contributed by atoms with van der Waals surface area (Å²) in [6.45, 7) is 3.75. The van der Waals surface area contributed by atoms with Crippen molar-refractivity contribution in [3.63, 3.8) is 0 Å². The van der Waals surface area contributed by atoms with Crippen molar-refractivity contribution in [3.8, 4) is 5.75 Å². The zero-order chi connectivity index (χ0) is 15.9. The summed E-state index contributed by atoms with van der Waals surface area (Å²) in [7, 11) is 0. The molecule has 1 fully saturated rings. The fraction of sp³-hybridized carbons (Fsp3) is 0.421. The Kier molecular flexibility index (Phi) is 5.61. The Morgan fingerprint density at radius 2 is 2.13 bits per heavy atom. The van der Waals surface area contributed by atoms with E-state index in [9.17, 15) is 5.11 Å². The van der Waals surface area contributed by atoms with Crippen LogP contribution in [0.2, 0.25) is 0 Å². The zero-order valence-corrected chi connectivity index (χ0v) is 13.4. The minimum absolute atomic E-state index is 0.287. The van der Waals surface area contributed by atoms with Crippen LogP contribution in [0, 0.1) is 5.92 Å².